The van der Waals surface area contributed by atoms with Gasteiger partial charge in [-0.3, -0.25) is 9.89 Å². The fourth-order valence-corrected chi connectivity index (χ4v) is 3.43. The Morgan fingerprint density at radius 1 is 1.29 bits per heavy atom. The topological polar surface area (TPSA) is 114 Å². The molecule has 3 N–H and O–H groups in total. The highest BCUT2D eigenvalue weighted by Gasteiger charge is 2.20. The molecule has 184 valence electrons. The molecular formula is C25H29ClN6O3. The summed E-state index contributed by atoms with van der Waals surface area (Å²) in [6.07, 6.45) is 4.82. The van der Waals surface area contributed by atoms with Gasteiger partial charge in [0.25, 0.3) is 5.91 Å². The van der Waals surface area contributed by atoms with Crippen molar-refractivity contribution in [3.63, 3.8) is 0 Å². The largest absolute Gasteiger partial charge is 0.494 e. The molecule has 0 unspecified atom stereocenters. The van der Waals surface area contributed by atoms with E-state index in [9.17, 15) is 4.79 Å². The summed E-state index contributed by atoms with van der Waals surface area (Å²) < 4.78 is 11.3. The summed E-state index contributed by atoms with van der Waals surface area (Å²) >= 11 is 6.36. The Kier molecular flexibility index (Phi) is 8.14. The zero-order valence-corrected chi connectivity index (χ0v) is 21.2. The molecule has 0 saturated heterocycles. The molecule has 2 heterocycles. The van der Waals surface area contributed by atoms with E-state index in [0.29, 0.717) is 50.7 Å². The molecule has 0 bridgehead atoms. The van der Waals surface area contributed by atoms with Crippen LogP contribution in [0, 0.1) is 6.92 Å². The van der Waals surface area contributed by atoms with Gasteiger partial charge in [-0.15, -0.1) is 0 Å². The SMILES string of the molecule is C=C/C(Cl)=C(/OC)c1c(C)nc(-c2cccc(OCC(=O)NC(C)(C)C)c2)nc1Nc1cn[nH]c1. The van der Waals surface area contributed by atoms with Crippen LogP contribution in [0.25, 0.3) is 17.1 Å². The van der Waals surface area contributed by atoms with Crippen molar-refractivity contribution in [2.45, 2.75) is 33.2 Å². The van der Waals surface area contributed by atoms with Crippen molar-refractivity contribution in [2.24, 2.45) is 0 Å². The van der Waals surface area contributed by atoms with Crippen LogP contribution in [0.4, 0.5) is 11.5 Å². The molecule has 0 radical (unpaired) electrons. The highest BCUT2D eigenvalue weighted by atomic mass is 35.5. The summed E-state index contributed by atoms with van der Waals surface area (Å²) in [5, 5.41) is 13.2. The van der Waals surface area contributed by atoms with Crippen LogP contribution in [0.1, 0.15) is 32.0 Å². The number of aromatic nitrogens is 4. The van der Waals surface area contributed by atoms with Crippen LogP contribution >= 0.6 is 11.6 Å². The molecule has 0 atom stereocenters. The molecule has 3 rings (SSSR count). The number of benzene rings is 1. The number of carbonyl (C=O) groups excluding carboxylic acids is 1. The van der Waals surface area contributed by atoms with Crippen LogP contribution in [0.5, 0.6) is 5.75 Å². The van der Waals surface area contributed by atoms with Gasteiger partial charge in [0, 0.05) is 17.3 Å². The van der Waals surface area contributed by atoms with Crippen LogP contribution in [0.2, 0.25) is 0 Å². The third kappa shape index (κ3) is 6.83. The molecule has 0 fully saturated rings. The second-order valence-electron chi connectivity index (χ2n) is 8.67. The number of hydrogen-bond donors (Lipinski definition) is 3. The Morgan fingerprint density at radius 3 is 2.69 bits per heavy atom. The monoisotopic (exact) mass is 496 g/mol. The minimum absolute atomic E-state index is 0.102. The van der Waals surface area contributed by atoms with Crippen LogP contribution in [-0.2, 0) is 9.53 Å². The first-order chi connectivity index (χ1) is 16.6. The first kappa shape index (κ1) is 25.8. The Balaban J connectivity index is 1.98. The average molecular weight is 497 g/mol. The summed E-state index contributed by atoms with van der Waals surface area (Å²) in [7, 11) is 1.52. The minimum atomic E-state index is -0.336. The number of halogens is 1. The van der Waals surface area contributed by atoms with Crippen molar-refractivity contribution in [1.29, 1.82) is 0 Å². The highest BCUT2D eigenvalue weighted by Crippen LogP contribution is 2.34. The fraction of sp³-hybridized carbons (Fsp3) is 0.280. The Bertz CT molecular complexity index is 1230. The summed E-state index contributed by atoms with van der Waals surface area (Å²) in [6.45, 7) is 11.2. The number of methoxy groups -OCH3 is 1. The number of carbonyl (C=O) groups is 1. The van der Waals surface area contributed by atoms with Gasteiger partial charge in [0.1, 0.15) is 17.3 Å². The van der Waals surface area contributed by atoms with Gasteiger partial charge in [-0.05, 0) is 45.9 Å². The molecule has 0 aliphatic heterocycles. The molecule has 1 aromatic carbocycles. The molecule has 0 aliphatic rings. The van der Waals surface area contributed by atoms with Gasteiger partial charge in [-0.1, -0.05) is 30.3 Å². The van der Waals surface area contributed by atoms with E-state index in [1.165, 1.54) is 13.2 Å². The lowest BCUT2D eigenvalue weighted by Crippen LogP contribution is -2.43. The van der Waals surface area contributed by atoms with E-state index in [0.717, 1.165) is 0 Å². The van der Waals surface area contributed by atoms with Gasteiger partial charge >= 0.3 is 0 Å². The van der Waals surface area contributed by atoms with Gasteiger partial charge < -0.3 is 20.1 Å². The first-order valence-electron chi connectivity index (χ1n) is 10.9. The summed E-state index contributed by atoms with van der Waals surface area (Å²) in [4.78, 5) is 21.6. The standard InChI is InChI=1S/C25H29ClN6O3/c1-7-19(26)22(34-6)21-15(2)29-23(31-24(21)30-17-12-27-28-13-17)16-9-8-10-18(11-16)35-14-20(33)32-25(3,4)5/h7-13H,1,14H2,2-6H3,(H,27,28)(H,32,33)(H,29,30,31)/b22-19-. The zero-order chi connectivity index (χ0) is 25.6. The van der Waals surface area contributed by atoms with E-state index in [-0.39, 0.29) is 18.1 Å². The predicted octanol–water partition coefficient (Wildman–Crippen LogP) is 4.95. The Hall–Kier alpha value is -3.85. The molecule has 0 aliphatic carbocycles. The van der Waals surface area contributed by atoms with Crippen molar-refractivity contribution in [2.75, 3.05) is 19.0 Å². The fourth-order valence-electron chi connectivity index (χ4n) is 3.26. The number of nitrogens with zero attached hydrogens (tertiary/aromatic N) is 3. The van der Waals surface area contributed by atoms with E-state index < -0.39 is 0 Å². The normalized spacial score (nSPS) is 11.9. The van der Waals surface area contributed by atoms with Crippen LogP contribution in [-0.4, -0.2) is 45.3 Å². The second-order valence-corrected chi connectivity index (χ2v) is 9.08. The number of ether oxygens (including phenoxy) is 2. The van der Waals surface area contributed by atoms with Crippen molar-refractivity contribution in [3.05, 3.63) is 65.6 Å². The lowest BCUT2D eigenvalue weighted by Gasteiger charge is -2.20. The van der Waals surface area contributed by atoms with Gasteiger partial charge in [0.05, 0.1) is 35.3 Å². The molecular weight excluding hydrogens is 468 g/mol. The molecule has 9 nitrogen and oxygen atoms in total. The third-order valence-corrected chi connectivity index (χ3v) is 4.98. The lowest BCUT2D eigenvalue weighted by atomic mass is 10.1. The average Bonchev–Trinajstić information content (AvgIpc) is 3.31. The zero-order valence-electron chi connectivity index (χ0n) is 20.4. The number of rotatable bonds is 9. The van der Waals surface area contributed by atoms with Gasteiger partial charge in [-0.25, -0.2) is 9.97 Å². The third-order valence-electron chi connectivity index (χ3n) is 4.65. The number of nitrogens with one attached hydrogen (secondary N) is 3. The van der Waals surface area contributed by atoms with Crippen LogP contribution in [0.3, 0.4) is 0 Å². The first-order valence-corrected chi connectivity index (χ1v) is 11.2. The summed E-state index contributed by atoms with van der Waals surface area (Å²) in [5.74, 6) is 1.63. The van der Waals surface area contributed by atoms with Crippen molar-refractivity contribution >= 4 is 34.8 Å². The molecule has 1 amide bonds. The summed E-state index contributed by atoms with van der Waals surface area (Å²) in [6, 6.07) is 7.23. The van der Waals surface area contributed by atoms with Crippen molar-refractivity contribution < 1.29 is 14.3 Å². The van der Waals surface area contributed by atoms with E-state index in [2.05, 4.69) is 32.4 Å². The predicted molar refractivity (Wildman–Crippen MR) is 137 cm³/mol. The molecule has 10 heteroatoms. The number of amides is 1. The number of anilines is 2. The molecule has 35 heavy (non-hydrogen) atoms. The molecule has 2 aromatic heterocycles. The van der Waals surface area contributed by atoms with E-state index in [1.807, 2.05) is 39.8 Å². The molecule has 0 spiro atoms. The number of H-pyrrole nitrogens is 1. The van der Waals surface area contributed by atoms with E-state index in [4.69, 9.17) is 26.1 Å². The molecule has 3 aromatic rings. The Labute approximate surface area is 209 Å². The number of allylic oxidation sites excluding steroid dienone is 2. The van der Waals surface area contributed by atoms with E-state index >= 15 is 0 Å². The maximum absolute atomic E-state index is 12.1. The molecule has 0 saturated carbocycles. The van der Waals surface area contributed by atoms with Gasteiger partial charge in [-0.2, -0.15) is 5.10 Å². The second kappa shape index (κ2) is 11.1. The van der Waals surface area contributed by atoms with Gasteiger partial charge in [0.2, 0.25) is 0 Å². The van der Waals surface area contributed by atoms with E-state index in [1.54, 1.807) is 24.5 Å². The summed E-state index contributed by atoms with van der Waals surface area (Å²) in [5.41, 5.74) is 2.30. The van der Waals surface area contributed by atoms with Crippen LogP contribution < -0.4 is 15.4 Å². The van der Waals surface area contributed by atoms with Crippen LogP contribution in [0.15, 0.2) is 54.3 Å². The number of aromatic amines is 1. The smallest absolute Gasteiger partial charge is 0.258 e. The number of hydrogen-bond acceptors (Lipinski definition) is 7. The minimum Gasteiger partial charge on any atom is -0.494 e. The van der Waals surface area contributed by atoms with Gasteiger partial charge in [0.15, 0.2) is 12.4 Å². The Morgan fingerprint density at radius 2 is 2.06 bits per heavy atom. The lowest BCUT2D eigenvalue weighted by molar-refractivity contribution is -0.124. The maximum atomic E-state index is 12.1. The van der Waals surface area contributed by atoms with Crippen molar-refractivity contribution in [3.8, 4) is 17.1 Å². The number of aryl methyl sites for hydroxylation is 1. The quantitative estimate of drug-likeness (QED) is 0.283. The maximum Gasteiger partial charge on any atom is 0.258 e. The van der Waals surface area contributed by atoms with Crippen molar-refractivity contribution in [1.82, 2.24) is 25.5 Å². The highest BCUT2D eigenvalue weighted by molar-refractivity contribution is 6.34.